The van der Waals surface area contributed by atoms with E-state index in [-0.39, 0.29) is 0 Å². The van der Waals surface area contributed by atoms with Crippen LogP contribution >= 0.6 is 0 Å². The van der Waals surface area contributed by atoms with Gasteiger partial charge in [0.05, 0.1) is 5.70 Å². The van der Waals surface area contributed by atoms with Crippen molar-refractivity contribution in [1.82, 2.24) is 4.90 Å². The Morgan fingerprint density at radius 3 is 2.71 bits per heavy atom. The van der Waals surface area contributed by atoms with Crippen LogP contribution in [0.1, 0.15) is 12.0 Å². The Bertz CT molecular complexity index is 407. The fraction of sp³-hybridized carbons (Fsp3) is 0.0769. The highest BCUT2D eigenvalue weighted by Gasteiger charge is 2.08. The van der Waals surface area contributed by atoms with E-state index in [9.17, 15) is 0 Å². The number of rotatable bonds is 1. The summed E-state index contributed by atoms with van der Waals surface area (Å²) >= 11 is 0. The second-order valence-corrected chi connectivity index (χ2v) is 3.07. The third kappa shape index (κ3) is 1.55. The third-order valence-corrected chi connectivity index (χ3v) is 2.17. The Morgan fingerprint density at radius 2 is 2.00 bits per heavy atom. The van der Waals surface area contributed by atoms with Crippen LogP contribution in [-0.4, -0.2) is 4.90 Å². The van der Waals surface area contributed by atoms with E-state index in [4.69, 9.17) is 6.42 Å². The van der Waals surface area contributed by atoms with E-state index in [0.717, 1.165) is 17.7 Å². The van der Waals surface area contributed by atoms with Gasteiger partial charge in [-0.15, -0.1) is 0 Å². The Morgan fingerprint density at radius 1 is 1.21 bits per heavy atom. The van der Waals surface area contributed by atoms with Gasteiger partial charge in [-0.1, -0.05) is 48.9 Å². The van der Waals surface area contributed by atoms with Gasteiger partial charge in [0.15, 0.2) is 0 Å². The van der Waals surface area contributed by atoms with Gasteiger partial charge in [-0.05, 0) is 12.0 Å². The summed E-state index contributed by atoms with van der Waals surface area (Å²) in [5, 5.41) is 0. The van der Waals surface area contributed by atoms with Crippen LogP contribution < -0.4 is 0 Å². The molecule has 0 N–H and O–H groups in total. The Kier molecular flexibility index (Phi) is 2.38. The van der Waals surface area contributed by atoms with Gasteiger partial charge in [-0.2, -0.15) is 0 Å². The zero-order chi connectivity index (χ0) is 9.80. The molecule has 0 aliphatic carbocycles. The van der Waals surface area contributed by atoms with Crippen molar-refractivity contribution in [2.24, 2.45) is 0 Å². The third-order valence-electron chi connectivity index (χ3n) is 2.17. The predicted octanol–water partition coefficient (Wildman–Crippen LogP) is 2.84. The molecule has 1 aliphatic rings. The molecule has 0 aromatic heterocycles. The molecule has 0 fully saturated rings. The first-order valence-electron chi connectivity index (χ1n) is 4.59. The highest BCUT2D eigenvalue weighted by molar-refractivity contribution is 5.67. The first-order chi connectivity index (χ1) is 6.92. The summed E-state index contributed by atoms with van der Waals surface area (Å²) < 4.78 is 0. The molecular formula is C13H11N. The monoisotopic (exact) mass is 181 g/mol. The smallest absolute Gasteiger partial charge is 0.0574 e. The molecule has 1 aliphatic heterocycles. The van der Waals surface area contributed by atoms with E-state index in [1.807, 2.05) is 30.5 Å². The summed E-state index contributed by atoms with van der Waals surface area (Å²) in [6, 6.07) is 12.8. The van der Waals surface area contributed by atoms with Crippen molar-refractivity contribution in [3.8, 4) is 12.5 Å². The van der Waals surface area contributed by atoms with Gasteiger partial charge in [0.2, 0.25) is 0 Å². The van der Waals surface area contributed by atoms with Gasteiger partial charge in [-0.25, -0.2) is 0 Å². The molecule has 0 spiro atoms. The Labute approximate surface area is 84.4 Å². The molecule has 0 unspecified atom stereocenters. The van der Waals surface area contributed by atoms with Gasteiger partial charge in [-0.3, -0.25) is 4.90 Å². The van der Waals surface area contributed by atoms with Crippen LogP contribution in [0.25, 0.3) is 5.70 Å². The van der Waals surface area contributed by atoms with Crippen LogP contribution in [0.4, 0.5) is 0 Å². The maximum atomic E-state index is 5.41. The summed E-state index contributed by atoms with van der Waals surface area (Å²) in [4.78, 5) is 1.80. The minimum atomic E-state index is 0.947. The van der Waals surface area contributed by atoms with Gasteiger partial charge in [0.1, 0.15) is 0 Å². The normalized spacial score (nSPS) is 14.8. The molecule has 14 heavy (non-hydrogen) atoms. The average Bonchev–Trinajstić information content (AvgIpc) is 2.30. The van der Waals surface area contributed by atoms with Gasteiger partial charge in [0.25, 0.3) is 0 Å². The maximum absolute atomic E-state index is 5.41. The van der Waals surface area contributed by atoms with Gasteiger partial charge in [0, 0.05) is 12.2 Å². The van der Waals surface area contributed by atoms with Crippen molar-refractivity contribution in [1.29, 1.82) is 0 Å². The van der Waals surface area contributed by atoms with Gasteiger partial charge < -0.3 is 0 Å². The molecule has 2 rings (SSSR count). The van der Waals surface area contributed by atoms with E-state index in [1.54, 1.807) is 4.90 Å². The summed E-state index contributed by atoms with van der Waals surface area (Å²) in [6.07, 6.45) is 12.5. The van der Waals surface area contributed by atoms with Crippen molar-refractivity contribution in [2.45, 2.75) is 6.42 Å². The van der Waals surface area contributed by atoms with E-state index >= 15 is 0 Å². The number of benzene rings is 1. The fourth-order valence-corrected chi connectivity index (χ4v) is 1.50. The van der Waals surface area contributed by atoms with Crippen LogP contribution in [-0.2, 0) is 0 Å². The van der Waals surface area contributed by atoms with E-state index < -0.39 is 0 Å². The number of hydrogen-bond donors (Lipinski definition) is 0. The van der Waals surface area contributed by atoms with Crippen molar-refractivity contribution in [3.63, 3.8) is 0 Å². The zero-order valence-corrected chi connectivity index (χ0v) is 7.85. The van der Waals surface area contributed by atoms with Crippen molar-refractivity contribution in [2.75, 3.05) is 0 Å². The second kappa shape index (κ2) is 3.85. The highest BCUT2D eigenvalue weighted by Crippen LogP contribution is 2.22. The first-order valence-corrected chi connectivity index (χ1v) is 4.59. The van der Waals surface area contributed by atoms with Crippen molar-refractivity contribution >= 4 is 5.70 Å². The SMILES string of the molecule is C#CN1C=CCC=C1c1ccccc1. The summed E-state index contributed by atoms with van der Waals surface area (Å²) in [5.41, 5.74) is 2.26. The second-order valence-electron chi connectivity index (χ2n) is 3.07. The van der Waals surface area contributed by atoms with Crippen LogP contribution in [0, 0.1) is 12.5 Å². The number of hydrogen-bond acceptors (Lipinski definition) is 1. The molecule has 0 saturated carbocycles. The molecule has 1 nitrogen and oxygen atoms in total. The molecule has 0 saturated heterocycles. The topological polar surface area (TPSA) is 3.24 Å². The van der Waals surface area contributed by atoms with E-state index in [1.165, 1.54) is 0 Å². The van der Waals surface area contributed by atoms with Crippen LogP contribution in [0.2, 0.25) is 0 Å². The molecule has 0 atom stereocenters. The van der Waals surface area contributed by atoms with Crippen molar-refractivity contribution in [3.05, 3.63) is 54.2 Å². The Hall–Kier alpha value is -1.94. The van der Waals surface area contributed by atoms with Crippen LogP contribution in [0.15, 0.2) is 48.7 Å². The lowest BCUT2D eigenvalue weighted by Crippen LogP contribution is -2.10. The quantitative estimate of drug-likeness (QED) is 0.602. The molecule has 0 bridgehead atoms. The average molecular weight is 181 g/mol. The molecule has 0 amide bonds. The summed E-state index contributed by atoms with van der Waals surface area (Å²) in [5.74, 6) is 0. The van der Waals surface area contributed by atoms with Crippen LogP contribution in [0.5, 0.6) is 0 Å². The molecule has 1 heteroatoms. The molecule has 0 radical (unpaired) electrons. The number of allylic oxidation sites excluding steroid dienone is 2. The molecular weight excluding hydrogens is 170 g/mol. The highest BCUT2D eigenvalue weighted by atomic mass is 15.1. The molecule has 1 aromatic rings. The lowest BCUT2D eigenvalue weighted by atomic mass is 10.1. The Balaban J connectivity index is 2.36. The van der Waals surface area contributed by atoms with Crippen LogP contribution in [0.3, 0.4) is 0 Å². The molecule has 1 heterocycles. The first kappa shape index (κ1) is 8.65. The summed E-state index contributed by atoms with van der Waals surface area (Å²) in [6.45, 7) is 0. The number of terminal acetylenes is 1. The van der Waals surface area contributed by atoms with Gasteiger partial charge >= 0.3 is 0 Å². The largest absolute Gasteiger partial charge is 0.277 e. The minimum absolute atomic E-state index is 0.947. The molecule has 68 valence electrons. The standard InChI is InChI=1S/C13H11N/c1-2-14-11-7-6-10-13(14)12-8-4-3-5-9-12/h1,3-5,7-11H,6H2. The van der Waals surface area contributed by atoms with Crippen molar-refractivity contribution < 1.29 is 0 Å². The van der Waals surface area contributed by atoms with E-state index in [2.05, 4.69) is 24.3 Å². The maximum Gasteiger partial charge on any atom is 0.0574 e. The van der Waals surface area contributed by atoms with E-state index in [0.29, 0.717) is 0 Å². The predicted molar refractivity (Wildman–Crippen MR) is 58.8 cm³/mol. The summed E-state index contributed by atoms with van der Waals surface area (Å²) in [7, 11) is 0. The fourth-order valence-electron chi connectivity index (χ4n) is 1.50. The lowest BCUT2D eigenvalue weighted by Gasteiger charge is -2.19. The molecule has 1 aromatic carbocycles. The zero-order valence-electron chi connectivity index (χ0n) is 7.85. The lowest BCUT2D eigenvalue weighted by molar-refractivity contribution is 0.746. The number of nitrogens with zero attached hydrogens (tertiary/aromatic N) is 1. The minimum Gasteiger partial charge on any atom is -0.277 e.